The Morgan fingerprint density at radius 3 is 2.14 bits per heavy atom. The second-order valence-corrected chi connectivity index (χ2v) is 4.43. The van der Waals surface area contributed by atoms with Crippen molar-refractivity contribution < 1.29 is 9.59 Å². The summed E-state index contributed by atoms with van der Waals surface area (Å²) in [6, 6.07) is 0. The molecule has 0 unspecified atom stereocenters. The van der Waals surface area contributed by atoms with E-state index >= 15 is 0 Å². The maximum atomic E-state index is 11.8. The van der Waals surface area contributed by atoms with Crippen LogP contribution in [0.2, 0.25) is 0 Å². The van der Waals surface area contributed by atoms with E-state index < -0.39 is 0 Å². The molecule has 1 aliphatic carbocycles. The Morgan fingerprint density at radius 1 is 1.07 bits per heavy atom. The van der Waals surface area contributed by atoms with Gasteiger partial charge in [0, 0.05) is 5.41 Å². The predicted molar refractivity (Wildman–Crippen MR) is 56.0 cm³/mol. The molecule has 1 fully saturated rings. The van der Waals surface area contributed by atoms with Crippen LogP contribution in [0.25, 0.3) is 0 Å². The lowest BCUT2D eigenvalue weighted by Gasteiger charge is -2.30. The minimum Gasteiger partial charge on any atom is -0.295 e. The number of allylic oxidation sites excluding steroid dienone is 2. The van der Waals surface area contributed by atoms with Gasteiger partial charge in [0.2, 0.25) is 0 Å². The molecule has 0 atom stereocenters. The summed E-state index contributed by atoms with van der Waals surface area (Å²) in [6.07, 6.45) is 8.27. The van der Waals surface area contributed by atoms with Gasteiger partial charge in [-0.1, -0.05) is 26.2 Å². The van der Waals surface area contributed by atoms with E-state index in [-0.39, 0.29) is 17.0 Å². The minimum absolute atomic E-state index is 0.0576. The summed E-state index contributed by atoms with van der Waals surface area (Å²) < 4.78 is 0. The molecule has 0 aromatic heterocycles. The van der Waals surface area contributed by atoms with E-state index in [1.807, 2.05) is 6.92 Å². The SMILES string of the molecule is CC(=O)/C=C\C(=O)C1(C)CCCCC1. The van der Waals surface area contributed by atoms with Crippen LogP contribution >= 0.6 is 0 Å². The highest BCUT2D eigenvalue weighted by Crippen LogP contribution is 2.36. The molecule has 14 heavy (non-hydrogen) atoms. The molecule has 1 rings (SSSR count). The van der Waals surface area contributed by atoms with Gasteiger partial charge in [-0.2, -0.15) is 0 Å². The molecule has 0 saturated heterocycles. The molecule has 0 bridgehead atoms. The van der Waals surface area contributed by atoms with Crippen molar-refractivity contribution in [3.05, 3.63) is 12.2 Å². The van der Waals surface area contributed by atoms with Crippen LogP contribution < -0.4 is 0 Å². The quantitative estimate of drug-likeness (QED) is 0.647. The number of rotatable bonds is 3. The molecular weight excluding hydrogens is 176 g/mol. The van der Waals surface area contributed by atoms with Gasteiger partial charge in [-0.15, -0.1) is 0 Å². The van der Waals surface area contributed by atoms with E-state index in [0.717, 1.165) is 25.7 Å². The molecule has 0 spiro atoms. The molecule has 0 aromatic rings. The van der Waals surface area contributed by atoms with Crippen molar-refractivity contribution in [2.75, 3.05) is 0 Å². The fraction of sp³-hybridized carbons (Fsp3) is 0.667. The van der Waals surface area contributed by atoms with Crippen LogP contribution in [0.4, 0.5) is 0 Å². The van der Waals surface area contributed by atoms with E-state index in [9.17, 15) is 9.59 Å². The van der Waals surface area contributed by atoms with Crippen molar-refractivity contribution in [3.8, 4) is 0 Å². The van der Waals surface area contributed by atoms with Gasteiger partial charge in [0.25, 0.3) is 0 Å². The van der Waals surface area contributed by atoms with Crippen LogP contribution in [-0.4, -0.2) is 11.6 Å². The zero-order valence-electron chi connectivity index (χ0n) is 9.01. The summed E-state index contributed by atoms with van der Waals surface area (Å²) in [4.78, 5) is 22.5. The van der Waals surface area contributed by atoms with Crippen LogP contribution in [0, 0.1) is 5.41 Å². The third-order valence-electron chi connectivity index (χ3n) is 3.02. The van der Waals surface area contributed by atoms with E-state index in [1.54, 1.807) is 0 Å². The van der Waals surface area contributed by atoms with Crippen LogP contribution in [0.1, 0.15) is 46.0 Å². The Labute approximate surface area is 85.4 Å². The third kappa shape index (κ3) is 2.79. The summed E-state index contributed by atoms with van der Waals surface area (Å²) in [5.74, 6) is 0.0603. The van der Waals surface area contributed by atoms with Crippen molar-refractivity contribution in [1.29, 1.82) is 0 Å². The molecule has 1 saturated carbocycles. The first-order valence-corrected chi connectivity index (χ1v) is 5.28. The zero-order chi connectivity index (χ0) is 10.6. The Hall–Kier alpha value is -0.920. The number of carbonyl (C=O) groups excluding carboxylic acids is 2. The summed E-state index contributed by atoms with van der Waals surface area (Å²) in [7, 11) is 0. The van der Waals surface area contributed by atoms with Gasteiger partial charge in [-0.05, 0) is 31.9 Å². The zero-order valence-corrected chi connectivity index (χ0v) is 9.01. The lowest BCUT2D eigenvalue weighted by atomic mass is 9.72. The van der Waals surface area contributed by atoms with Gasteiger partial charge in [-0.25, -0.2) is 0 Å². The van der Waals surface area contributed by atoms with E-state index in [4.69, 9.17) is 0 Å². The topological polar surface area (TPSA) is 34.1 Å². The average Bonchev–Trinajstić information content (AvgIpc) is 2.15. The summed E-state index contributed by atoms with van der Waals surface area (Å²) in [6.45, 7) is 3.48. The maximum Gasteiger partial charge on any atom is 0.161 e. The van der Waals surface area contributed by atoms with Gasteiger partial charge >= 0.3 is 0 Å². The molecule has 0 amide bonds. The molecule has 0 radical (unpaired) electrons. The van der Waals surface area contributed by atoms with Gasteiger partial charge in [0.15, 0.2) is 11.6 Å². The molecule has 0 aromatic carbocycles. The van der Waals surface area contributed by atoms with E-state index in [0.29, 0.717) is 0 Å². The standard InChI is InChI=1S/C12H18O2/c1-10(13)6-7-11(14)12(2)8-4-3-5-9-12/h6-7H,3-5,8-9H2,1-2H3/b7-6-. The Morgan fingerprint density at radius 2 is 1.64 bits per heavy atom. The first-order valence-electron chi connectivity index (χ1n) is 5.28. The van der Waals surface area contributed by atoms with Crippen LogP contribution in [0.3, 0.4) is 0 Å². The normalized spacial score (nSPS) is 21.0. The number of ketones is 2. The Bertz CT molecular complexity index is 257. The number of hydrogen-bond donors (Lipinski definition) is 0. The van der Waals surface area contributed by atoms with Crippen LogP contribution in [0.15, 0.2) is 12.2 Å². The van der Waals surface area contributed by atoms with E-state index in [2.05, 4.69) is 0 Å². The van der Waals surface area contributed by atoms with Gasteiger partial charge in [0.05, 0.1) is 0 Å². The number of hydrogen-bond acceptors (Lipinski definition) is 2. The predicted octanol–water partition coefficient (Wildman–Crippen LogP) is 2.67. The maximum absolute atomic E-state index is 11.8. The van der Waals surface area contributed by atoms with Crippen molar-refractivity contribution in [3.63, 3.8) is 0 Å². The highest BCUT2D eigenvalue weighted by molar-refractivity contribution is 6.00. The minimum atomic E-state index is -0.204. The van der Waals surface area contributed by atoms with Gasteiger partial charge in [-0.3, -0.25) is 9.59 Å². The van der Waals surface area contributed by atoms with Crippen molar-refractivity contribution in [1.82, 2.24) is 0 Å². The van der Waals surface area contributed by atoms with Gasteiger partial charge < -0.3 is 0 Å². The summed E-state index contributed by atoms with van der Waals surface area (Å²) in [5, 5.41) is 0. The molecule has 0 heterocycles. The fourth-order valence-electron chi connectivity index (χ4n) is 1.97. The second kappa shape index (κ2) is 4.54. The van der Waals surface area contributed by atoms with E-state index in [1.165, 1.54) is 25.5 Å². The highest BCUT2D eigenvalue weighted by Gasteiger charge is 2.32. The van der Waals surface area contributed by atoms with Crippen molar-refractivity contribution in [2.24, 2.45) is 5.41 Å². The second-order valence-electron chi connectivity index (χ2n) is 4.43. The highest BCUT2D eigenvalue weighted by atomic mass is 16.1. The first-order chi connectivity index (χ1) is 6.54. The monoisotopic (exact) mass is 194 g/mol. The van der Waals surface area contributed by atoms with Crippen LogP contribution in [-0.2, 0) is 9.59 Å². The van der Waals surface area contributed by atoms with Crippen molar-refractivity contribution in [2.45, 2.75) is 46.0 Å². The first kappa shape index (κ1) is 11.2. The molecular formula is C12H18O2. The molecule has 0 aliphatic heterocycles. The smallest absolute Gasteiger partial charge is 0.161 e. The molecule has 2 heteroatoms. The largest absolute Gasteiger partial charge is 0.295 e. The fourth-order valence-corrected chi connectivity index (χ4v) is 1.97. The molecule has 2 nitrogen and oxygen atoms in total. The lowest BCUT2D eigenvalue weighted by molar-refractivity contribution is -0.124. The Balaban J connectivity index is 2.62. The average molecular weight is 194 g/mol. The Kier molecular flexibility index (Phi) is 3.62. The molecule has 0 N–H and O–H groups in total. The summed E-state index contributed by atoms with van der Waals surface area (Å²) in [5.41, 5.74) is -0.204. The summed E-state index contributed by atoms with van der Waals surface area (Å²) >= 11 is 0. The molecule has 78 valence electrons. The third-order valence-corrected chi connectivity index (χ3v) is 3.02. The number of carbonyl (C=O) groups is 2. The van der Waals surface area contributed by atoms with Crippen LogP contribution in [0.5, 0.6) is 0 Å². The molecule has 1 aliphatic rings. The van der Waals surface area contributed by atoms with Gasteiger partial charge in [0.1, 0.15) is 0 Å². The lowest BCUT2D eigenvalue weighted by Crippen LogP contribution is -2.28. The van der Waals surface area contributed by atoms with Crippen molar-refractivity contribution >= 4 is 11.6 Å².